The molecule has 0 aromatic carbocycles. The largest absolute Gasteiger partial charge is 0.394 e. The van der Waals surface area contributed by atoms with Gasteiger partial charge in [-0.1, -0.05) is 177 Å². The van der Waals surface area contributed by atoms with E-state index in [1.54, 1.807) is 6.08 Å². The lowest BCUT2D eigenvalue weighted by Gasteiger charge is -2.46. The number of unbranched alkanes of at least 4 members (excludes halogenated alkanes) is 22. The molecule has 0 saturated carbocycles. The molecule has 2 saturated heterocycles. The van der Waals surface area contributed by atoms with Crippen LogP contribution in [0.5, 0.6) is 0 Å². The summed E-state index contributed by atoms with van der Waals surface area (Å²) in [6, 6.07) is -0.937. The van der Waals surface area contributed by atoms with Crippen molar-refractivity contribution in [3.05, 3.63) is 60.8 Å². The Balaban J connectivity index is 1.69. The number of amides is 1. The summed E-state index contributed by atoms with van der Waals surface area (Å²) in [7, 11) is 0. The highest BCUT2D eigenvalue weighted by atomic mass is 16.7. The number of nitrogens with one attached hydrogen (secondary N) is 1. The monoisotopic (exact) mass is 994 g/mol. The van der Waals surface area contributed by atoms with Crippen LogP contribution in [0.15, 0.2) is 60.8 Å². The topological polar surface area (TPSA) is 228 Å². The maximum atomic E-state index is 13.2. The van der Waals surface area contributed by atoms with E-state index in [-0.39, 0.29) is 18.9 Å². The van der Waals surface area contributed by atoms with Crippen molar-refractivity contribution in [1.82, 2.24) is 5.32 Å². The van der Waals surface area contributed by atoms with Crippen LogP contribution in [0.2, 0.25) is 0 Å². The molecule has 70 heavy (non-hydrogen) atoms. The number of hydrogen-bond acceptors (Lipinski definition) is 13. The standard InChI is InChI=1S/C56H99NO13/c1-3-5-7-9-11-13-14-15-16-17-18-19-20-21-22-23-24-25-26-27-28-29-30-32-34-36-38-40-48(61)57-44(45(60)39-37-35-33-31-12-10-8-6-4-2)43-67-55-53(66)51(64)54(47(42-59)69-55)70-56-52(65)50(63)49(62)46(41-58)68-56/h4,6,12,14-15,17-18,31,37,39,44-47,49-56,58-60,62-66H,3,5,7-11,13,16,19-30,32-36,38,40-43H2,1-2H3,(H,57,61)/b6-4+,15-14-,18-17-,31-12+,39-37+. The molecule has 0 aromatic rings. The Kier molecular flexibility index (Phi) is 38.4. The maximum Gasteiger partial charge on any atom is 0.220 e. The minimum Gasteiger partial charge on any atom is -0.394 e. The Morgan fingerprint density at radius 3 is 1.56 bits per heavy atom. The minimum atomic E-state index is -1.79. The molecule has 2 heterocycles. The number of carbonyl (C=O) groups is 1. The molecule has 12 unspecified atom stereocenters. The number of carbonyl (C=O) groups excluding carboxylic acids is 1. The Morgan fingerprint density at radius 1 is 0.543 bits per heavy atom. The van der Waals surface area contributed by atoms with Crippen LogP contribution in [0.4, 0.5) is 0 Å². The second-order valence-corrected chi connectivity index (χ2v) is 19.3. The summed E-state index contributed by atoms with van der Waals surface area (Å²) in [6.45, 7) is 2.51. The fourth-order valence-corrected chi connectivity index (χ4v) is 8.77. The molecule has 2 aliphatic rings. The highest BCUT2D eigenvalue weighted by Crippen LogP contribution is 2.30. The van der Waals surface area contributed by atoms with Crippen molar-refractivity contribution in [1.29, 1.82) is 0 Å². The molecule has 1 amide bonds. The van der Waals surface area contributed by atoms with Gasteiger partial charge in [-0.05, 0) is 71.1 Å². The number of aliphatic hydroxyl groups excluding tert-OH is 8. The van der Waals surface area contributed by atoms with Crippen LogP contribution in [0.3, 0.4) is 0 Å². The van der Waals surface area contributed by atoms with Gasteiger partial charge < -0.3 is 65.1 Å². The fraction of sp³-hybridized carbons (Fsp3) is 0.804. The highest BCUT2D eigenvalue weighted by molar-refractivity contribution is 5.76. The third-order valence-corrected chi connectivity index (χ3v) is 13.2. The van der Waals surface area contributed by atoms with E-state index in [2.05, 4.69) is 54.8 Å². The second-order valence-electron chi connectivity index (χ2n) is 19.3. The lowest BCUT2D eigenvalue weighted by molar-refractivity contribution is -0.359. The van der Waals surface area contributed by atoms with Crippen LogP contribution < -0.4 is 5.32 Å². The zero-order valence-electron chi connectivity index (χ0n) is 43.2. The van der Waals surface area contributed by atoms with Crippen LogP contribution in [0, 0.1) is 0 Å². The van der Waals surface area contributed by atoms with Gasteiger partial charge in [-0.2, -0.15) is 0 Å². The number of rotatable bonds is 42. The zero-order valence-corrected chi connectivity index (χ0v) is 43.2. The van der Waals surface area contributed by atoms with Gasteiger partial charge in [0, 0.05) is 6.42 Å². The van der Waals surface area contributed by atoms with Crippen LogP contribution >= 0.6 is 0 Å². The fourth-order valence-electron chi connectivity index (χ4n) is 8.77. The molecular formula is C56H99NO13. The number of allylic oxidation sites excluding steroid dienone is 9. The van der Waals surface area contributed by atoms with Crippen LogP contribution in [-0.4, -0.2) is 140 Å². The van der Waals surface area contributed by atoms with Gasteiger partial charge in [0.25, 0.3) is 0 Å². The van der Waals surface area contributed by atoms with Crippen LogP contribution in [-0.2, 0) is 23.7 Å². The molecule has 2 fully saturated rings. The van der Waals surface area contributed by atoms with Crippen LogP contribution in [0.25, 0.3) is 0 Å². The van der Waals surface area contributed by atoms with Crippen molar-refractivity contribution < 1.29 is 64.6 Å². The van der Waals surface area contributed by atoms with Crippen molar-refractivity contribution in [2.24, 2.45) is 0 Å². The summed E-state index contributed by atoms with van der Waals surface area (Å²) >= 11 is 0. The summed E-state index contributed by atoms with van der Waals surface area (Å²) in [5.74, 6) is -0.258. The van der Waals surface area contributed by atoms with Crippen LogP contribution in [0.1, 0.15) is 194 Å². The predicted octanol–water partition coefficient (Wildman–Crippen LogP) is 8.22. The zero-order chi connectivity index (χ0) is 51.0. The third kappa shape index (κ3) is 28.2. The molecule has 2 rings (SSSR count). The second kappa shape index (κ2) is 42.1. The van der Waals surface area contributed by atoms with Crippen molar-refractivity contribution in [2.45, 2.75) is 267 Å². The smallest absolute Gasteiger partial charge is 0.220 e. The van der Waals surface area contributed by atoms with Gasteiger partial charge in [-0.25, -0.2) is 0 Å². The summed E-state index contributed by atoms with van der Waals surface area (Å²) < 4.78 is 22.6. The van der Waals surface area contributed by atoms with Gasteiger partial charge in [-0.15, -0.1) is 0 Å². The highest BCUT2D eigenvalue weighted by Gasteiger charge is 2.51. The molecule has 0 radical (unpaired) electrons. The van der Waals surface area contributed by atoms with Gasteiger partial charge in [0.2, 0.25) is 5.91 Å². The lowest BCUT2D eigenvalue weighted by Crippen LogP contribution is -2.65. The van der Waals surface area contributed by atoms with Gasteiger partial charge in [0.1, 0.15) is 48.8 Å². The molecular weight excluding hydrogens is 895 g/mol. The van der Waals surface area contributed by atoms with E-state index < -0.39 is 86.8 Å². The first-order chi connectivity index (χ1) is 34.1. The van der Waals surface area contributed by atoms with E-state index >= 15 is 0 Å². The van der Waals surface area contributed by atoms with Gasteiger partial charge in [0.15, 0.2) is 12.6 Å². The Morgan fingerprint density at radius 2 is 1.01 bits per heavy atom. The molecule has 14 heteroatoms. The van der Waals surface area contributed by atoms with Crippen molar-refractivity contribution in [3.8, 4) is 0 Å². The molecule has 0 aliphatic carbocycles. The lowest BCUT2D eigenvalue weighted by atomic mass is 9.97. The minimum absolute atomic E-state index is 0.258. The van der Waals surface area contributed by atoms with E-state index in [0.29, 0.717) is 12.8 Å². The molecule has 9 N–H and O–H groups in total. The average molecular weight is 994 g/mol. The summed E-state index contributed by atoms with van der Waals surface area (Å²) in [5, 5.41) is 86.6. The maximum absolute atomic E-state index is 13.2. The van der Waals surface area contributed by atoms with E-state index in [4.69, 9.17) is 18.9 Å². The normalized spacial score (nSPS) is 26.4. The van der Waals surface area contributed by atoms with E-state index in [9.17, 15) is 45.6 Å². The Bertz CT molecular complexity index is 1410. The first-order valence-corrected chi connectivity index (χ1v) is 27.5. The summed E-state index contributed by atoms with van der Waals surface area (Å²) in [5.41, 5.74) is 0. The molecule has 0 bridgehead atoms. The Labute approximate surface area is 422 Å². The van der Waals surface area contributed by atoms with Crippen molar-refractivity contribution >= 4 is 5.91 Å². The molecule has 2 aliphatic heterocycles. The molecule has 12 atom stereocenters. The molecule has 406 valence electrons. The van der Waals surface area contributed by atoms with Gasteiger partial charge >= 0.3 is 0 Å². The SMILES string of the molecule is C/C=C/CC/C=C/CC/C=C/C(O)C(COC1OC(CO)C(OC2OC(CO)C(O)C(O)C2O)C(O)C1O)NC(=O)CCCCCCCCCCCCCCCCC/C=C\C/C=C\CCCCCCC. The number of aliphatic hydroxyl groups is 8. The van der Waals surface area contributed by atoms with Gasteiger partial charge in [0.05, 0.1) is 32.0 Å². The average Bonchev–Trinajstić information content (AvgIpc) is 3.36. The number of hydrogen-bond donors (Lipinski definition) is 9. The summed E-state index contributed by atoms with van der Waals surface area (Å²) in [4.78, 5) is 13.2. The first kappa shape index (κ1) is 63.8. The van der Waals surface area contributed by atoms with E-state index in [0.717, 1.165) is 44.9 Å². The van der Waals surface area contributed by atoms with E-state index in [1.165, 1.54) is 116 Å². The molecule has 0 aromatic heterocycles. The molecule has 0 spiro atoms. The predicted molar refractivity (Wildman–Crippen MR) is 277 cm³/mol. The summed E-state index contributed by atoms with van der Waals surface area (Å²) in [6.07, 6.45) is 36.0. The molecule has 14 nitrogen and oxygen atoms in total. The van der Waals surface area contributed by atoms with E-state index in [1.807, 2.05) is 19.1 Å². The van der Waals surface area contributed by atoms with Gasteiger partial charge in [-0.3, -0.25) is 4.79 Å². The Hall–Kier alpha value is -2.31. The van der Waals surface area contributed by atoms with Crippen molar-refractivity contribution in [2.75, 3.05) is 19.8 Å². The van der Waals surface area contributed by atoms with Crippen molar-refractivity contribution in [3.63, 3.8) is 0 Å². The quantitative estimate of drug-likeness (QED) is 0.0208. The third-order valence-electron chi connectivity index (χ3n) is 13.2. The first-order valence-electron chi connectivity index (χ1n) is 27.5. The number of ether oxygens (including phenoxy) is 4.